The van der Waals surface area contributed by atoms with Gasteiger partial charge in [0.2, 0.25) is 10.0 Å². The highest BCUT2D eigenvalue weighted by Gasteiger charge is 2.26. The zero-order chi connectivity index (χ0) is 23.0. The first-order chi connectivity index (χ1) is 15.3. The van der Waals surface area contributed by atoms with Crippen LogP contribution >= 0.6 is 0 Å². The van der Waals surface area contributed by atoms with Gasteiger partial charge in [-0.05, 0) is 36.4 Å². The number of hydrogen-bond acceptors (Lipinski definition) is 6. The first kappa shape index (κ1) is 23.0. The fraction of sp³-hybridized carbons (Fsp3) is 0.190. The molecule has 32 heavy (non-hydrogen) atoms. The second-order valence-electron chi connectivity index (χ2n) is 6.73. The van der Waals surface area contributed by atoms with Crippen molar-refractivity contribution in [3.63, 3.8) is 0 Å². The molecule has 0 aliphatic heterocycles. The zero-order valence-corrected chi connectivity index (χ0v) is 17.7. The fourth-order valence-electron chi connectivity index (χ4n) is 2.73. The summed E-state index contributed by atoms with van der Waals surface area (Å²) in [7, 11) is -4.05. The number of aliphatic carboxylic acids is 1. The number of carbonyl (C=O) groups excluding carboxylic acids is 1. The monoisotopic (exact) mass is 458 g/mol. The van der Waals surface area contributed by atoms with Gasteiger partial charge in [0.15, 0.2) is 0 Å². The molecular formula is C21H22N4O6S. The SMILES string of the molecule is O=C(NC[C@H](NS(=O)(=O)c1ccccc1)C(=O)O)c1ccc(OCCc2cnc[nH]2)cc1. The molecule has 1 heterocycles. The van der Waals surface area contributed by atoms with Gasteiger partial charge in [0.1, 0.15) is 11.8 Å². The molecule has 0 unspecified atom stereocenters. The van der Waals surface area contributed by atoms with E-state index in [9.17, 15) is 23.1 Å². The van der Waals surface area contributed by atoms with E-state index in [1.807, 2.05) is 0 Å². The van der Waals surface area contributed by atoms with Crippen molar-refractivity contribution < 1.29 is 27.9 Å². The van der Waals surface area contributed by atoms with Crippen molar-refractivity contribution in [3.8, 4) is 5.75 Å². The fourth-order valence-corrected chi connectivity index (χ4v) is 3.94. The molecule has 1 aromatic heterocycles. The number of hydrogen-bond donors (Lipinski definition) is 4. The van der Waals surface area contributed by atoms with Gasteiger partial charge in [-0.25, -0.2) is 13.4 Å². The van der Waals surface area contributed by atoms with Crippen LogP contribution < -0.4 is 14.8 Å². The van der Waals surface area contributed by atoms with Crippen molar-refractivity contribution in [3.05, 3.63) is 78.4 Å². The molecule has 0 saturated heterocycles. The van der Waals surface area contributed by atoms with Crippen molar-refractivity contribution >= 4 is 21.9 Å². The Balaban J connectivity index is 1.53. The largest absolute Gasteiger partial charge is 0.493 e. The molecule has 4 N–H and O–H groups in total. The van der Waals surface area contributed by atoms with Crippen LogP contribution in [0, 0.1) is 0 Å². The number of carboxylic acid groups (broad SMARTS) is 1. The lowest BCUT2D eigenvalue weighted by Gasteiger charge is -2.16. The van der Waals surface area contributed by atoms with E-state index < -0.39 is 34.5 Å². The van der Waals surface area contributed by atoms with Crippen molar-refractivity contribution in [1.29, 1.82) is 0 Å². The van der Waals surface area contributed by atoms with E-state index in [-0.39, 0.29) is 10.5 Å². The number of carboxylic acids is 1. The van der Waals surface area contributed by atoms with E-state index in [2.05, 4.69) is 20.0 Å². The molecule has 0 spiro atoms. The van der Waals surface area contributed by atoms with Crippen LogP contribution in [0.4, 0.5) is 0 Å². The second-order valence-corrected chi connectivity index (χ2v) is 8.45. The molecule has 3 rings (SSSR count). The van der Waals surface area contributed by atoms with E-state index in [0.717, 1.165) is 5.69 Å². The Morgan fingerprint density at radius 1 is 1.09 bits per heavy atom. The quantitative estimate of drug-likeness (QED) is 0.337. The number of nitrogens with zero attached hydrogens (tertiary/aromatic N) is 1. The summed E-state index contributed by atoms with van der Waals surface area (Å²) in [6, 6.07) is 12.2. The summed E-state index contributed by atoms with van der Waals surface area (Å²) in [5.41, 5.74) is 1.22. The predicted octanol–water partition coefficient (Wildman–Crippen LogP) is 1.19. The van der Waals surface area contributed by atoms with E-state index in [4.69, 9.17) is 4.74 Å². The standard InChI is InChI=1S/C21H22N4O6S/c26-20(15-6-8-17(9-7-15)31-11-10-16-12-22-14-24-16)23-13-19(21(27)28)25-32(29,30)18-4-2-1-3-5-18/h1-9,12,14,19,25H,10-11,13H2,(H,22,24)(H,23,26)(H,27,28)/t19-/m0/s1. The van der Waals surface area contributed by atoms with Gasteiger partial charge in [-0.1, -0.05) is 18.2 Å². The number of carbonyl (C=O) groups is 2. The molecule has 0 aliphatic rings. The lowest BCUT2D eigenvalue weighted by Crippen LogP contribution is -2.48. The number of aromatic amines is 1. The van der Waals surface area contributed by atoms with Gasteiger partial charge in [0.05, 0.1) is 17.8 Å². The smallest absolute Gasteiger partial charge is 0.323 e. The third kappa shape index (κ3) is 6.40. The van der Waals surface area contributed by atoms with Gasteiger partial charge in [-0.3, -0.25) is 9.59 Å². The van der Waals surface area contributed by atoms with Gasteiger partial charge >= 0.3 is 5.97 Å². The van der Waals surface area contributed by atoms with E-state index in [0.29, 0.717) is 18.8 Å². The lowest BCUT2D eigenvalue weighted by atomic mass is 10.2. The molecule has 168 valence electrons. The molecule has 0 saturated carbocycles. The molecule has 11 heteroatoms. The second kappa shape index (κ2) is 10.6. The average molecular weight is 458 g/mol. The number of amides is 1. The molecule has 0 bridgehead atoms. The number of imidazole rings is 1. The molecule has 0 fully saturated rings. The summed E-state index contributed by atoms with van der Waals surface area (Å²) in [6.07, 6.45) is 3.95. The highest BCUT2D eigenvalue weighted by atomic mass is 32.2. The van der Waals surface area contributed by atoms with Crippen LogP contribution in [0.3, 0.4) is 0 Å². The van der Waals surface area contributed by atoms with E-state index >= 15 is 0 Å². The normalized spacial score (nSPS) is 12.1. The molecule has 2 aromatic carbocycles. The minimum atomic E-state index is -4.05. The predicted molar refractivity (Wildman–Crippen MR) is 115 cm³/mol. The minimum absolute atomic E-state index is 0.0688. The Morgan fingerprint density at radius 3 is 2.44 bits per heavy atom. The van der Waals surface area contributed by atoms with Crippen molar-refractivity contribution in [1.82, 2.24) is 20.0 Å². The zero-order valence-electron chi connectivity index (χ0n) is 16.9. The number of nitrogens with one attached hydrogen (secondary N) is 3. The van der Waals surface area contributed by atoms with Crippen LogP contribution in [-0.2, 0) is 21.2 Å². The molecule has 0 aliphatic carbocycles. The van der Waals surface area contributed by atoms with Crippen molar-refractivity contribution in [2.45, 2.75) is 17.4 Å². The summed E-state index contributed by atoms with van der Waals surface area (Å²) in [5, 5.41) is 11.8. The number of rotatable bonds is 11. The van der Waals surface area contributed by atoms with Crippen LogP contribution in [0.2, 0.25) is 0 Å². The molecule has 0 radical (unpaired) electrons. The first-order valence-electron chi connectivity index (χ1n) is 9.63. The van der Waals surface area contributed by atoms with Crippen molar-refractivity contribution in [2.75, 3.05) is 13.2 Å². The Bertz CT molecular complexity index is 1130. The Kier molecular flexibility index (Phi) is 7.58. The van der Waals surface area contributed by atoms with Crippen LogP contribution in [-0.4, -0.2) is 54.6 Å². The third-order valence-electron chi connectivity index (χ3n) is 4.43. The maximum absolute atomic E-state index is 12.4. The third-order valence-corrected chi connectivity index (χ3v) is 5.91. The van der Waals surface area contributed by atoms with Crippen LogP contribution in [0.1, 0.15) is 16.1 Å². The van der Waals surface area contributed by atoms with Crippen LogP contribution in [0.15, 0.2) is 72.0 Å². The minimum Gasteiger partial charge on any atom is -0.493 e. The molecular weight excluding hydrogens is 436 g/mol. The molecule has 10 nitrogen and oxygen atoms in total. The van der Waals surface area contributed by atoms with Gasteiger partial charge in [-0.15, -0.1) is 0 Å². The number of benzene rings is 2. The molecule has 1 atom stereocenters. The Hall–Kier alpha value is -3.70. The highest BCUT2D eigenvalue weighted by Crippen LogP contribution is 2.13. The number of aromatic nitrogens is 2. The number of H-pyrrole nitrogens is 1. The highest BCUT2D eigenvalue weighted by molar-refractivity contribution is 7.89. The summed E-state index contributed by atoms with van der Waals surface area (Å²) in [5.74, 6) is -1.38. The Morgan fingerprint density at radius 2 is 1.81 bits per heavy atom. The summed E-state index contributed by atoms with van der Waals surface area (Å²) >= 11 is 0. The first-order valence-corrected chi connectivity index (χ1v) is 11.1. The van der Waals surface area contributed by atoms with E-state index in [1.165, 1.54) is 36.4 Å². The van der Waals surface area contributed by atoms with Crippen LogP contribution in [0.5, 0.6) is 5.75 Å². The van der Waals surface area contributed by atoms with Gasteiger partial charge < -0.3 is 20.1 Å². The molecule has 3 aromatic rings. The number of ether oxygens (including phenoxy) is 1. The Labute approximate surface area is 184 Å². The van der Waals surface area contributed by atoms with Crippen molar-refractivity contribution in [2.24, 2.45) is 0 Å². The summed E-state index contributed by atoms with van der Waals surface area (Å²) < 4.78 is 32.4. The maximum Gasteiger partial charge on any atom is 0.323 e. The maximum atomic E-state index is 12.4. The topological polar surface area (TPSA) is 150 Å². The number of sulfonamides is 1. The summed E-state index contributed by atoms with van der Waals surface area (Å²) in [6.45, 7) is -0.00174. The van der Waals surface area contributed by atoms with Crippen LogP contribution in [0.25, 0.3) is 0 Å². The summed E-state index contributed by atoms with van der Waals surface area (Å²) in [4.78, 5) is 30.7. The lowest BCUT2D eigenvalue weighted by molar-refractivity contribution is -0.138. The van der Waals surface area contributed by atoms with Gasteiger partial charge in [-0.2, -0.15) is 4.72 Å². The molecule has 1 amide bonds. The van der Waals surface area contributed by atoms with Gasteiger partial charge in [0.25, 0.3) is 5.91 Å². The average Bonchev–Trinajstić information content (AvgIpc) is 3.31. The van der Waals surface area contributed by atoms with Gasteiger partial charge in [0, 0.05) is 30.4 Å². The van der Waals surface area contributed by atoms with E-state index in [1.54, 1.807) is 30.7 Å².